The van der Waals surface area contributed by atoms with Crippen LogP contribution >= 0.6 is 0 Å². The van der Waals surface area contributed by atoms with Gasteiger partial charge in [0.1, 0.15) is 0 Å². The maximum atomic E-state index is 13.2. The molecule has 0 bridgehead atoms. The zero-order valence-electron chi connectivity index (χ0n) is 21.1. The van der Waals surface area contributed by atoms with Gasteiger partial charge in [0, 0.05) is 29.1 Å². The van der Waals surface area contributed by atoms with Gasteiger partial charge in [-0.15, -0.1) is 0 Å². The molecule has 190 valence electrons. The Morgan fingerprint density at radius 1 is 0.789 bits per heavy atom. The average Bonchev–Trinajstić information content (AvgIpc) is 2.94. The van der Waals surface area contributed by atoms with Crippen molar-refractivity contribution in [1.29, 1.82) is 0 Å². The summed E-state index contributed by atoms with van der Waals surface area (Å²) in [6, 6.07) is 26.3. The van der Waals surface area contributed by atoms with E-state index in [-0.39, 0.29) is 17.5 Å². The highest BCUT2D eigenvalue weighted by Crippen LogP contribution is 2.32. The predicted octanol–water partition coefficient (Wildman–Crippen LogP) is 5.23. The summed E-state index contributed by atoms with van der Waals surface area (Å²) < 4.78 is 5.29. The first-order chi connectivity index (χ1) is 18.3. The van der Waals surface area contributed by atoms with E-state index in [2.05, 4.69) is 0 Å². The minimum atomic E-state index is -0.667. The second-order valence-corrected chi connectivity index (χ2v) is 9.38. The number of amides is 3. The summed E-state index contributed by atoms with van der Waals surface area (Å²) in [6.07, 6.45) is 0. The minimum absolute atomic E-state index is 0.0729. The molecule has 38 heavy (non-hydrogen) atoms. The molecule has 0 atom stereocenters. The standard InChI is InChI=1S/C31H26N2O5/c1-20(2)32(18-21-8-4-3-5-9-21)27(34)19-38-31(37)23-14-16-24(17-15-23)33-29(35)25-12-6-10-22-11-7-13-26(28(22)25)30(33)36/h3-17,20H,18-19H2,1-2H3. The van der Waals surface area contributed by atoms with Crippen LogP contribution in [-0.4, -0.2) is 41.2 Å². The minimum Gasteiger partial charge on any atom is -0.452 e. The Morgan fingerprint density at radius 3 is 1.97 bits per heavy atom. The molecule has 0 saturated heterocycles. The van der Waals surface area contributed by atoms with Crippen molar-refractivity contribution in [3.05, 3.63) is 113 Å². The number of esters is 1. The lowest BCUT2D eigenvalue weighted by Crippen LogP contribution is -2.40. The Kier molecular flexibility index (Phi) is 6.75. The summed E-state index contributed by atoms with van der Waals surface area (Å²) in [5.41, 5.74) is 2.43. The summed E-state index contributed by atoms with van der Waals surface area (Å²) in [5, 5.41) is 1.47. The quantitative estimate of drug-likeness (QED) is 0.253. The summed E-state index contributed by atoms with van der Waals surface area (Å²) in [4.78, 5) is 54.7. The van der Waals surface area contributed by atoms with E-state index >= 15 is 0 Å². The Morgan fingerprint density at radius 2 is 1.39 bits per heavy atom. The number of benzene rings is 4. The molecule has 1 aliphatic rings. The number of hydrogen-bond acceptors (Lipinski definition) is 5. The lowest BCUT2D eigenvalue weighted by atomic mass is 9.94. The van der Waals surface area contributed by atoms with Crippen molar-refractivity contribution in [3.63, 3.8) is 0 Å². The molecule has 7 heteroatoms. The highest BCUT2D eigenvalue weighted by molar-refractivity contribution is 6.35. The van der Waals surface area contributed by atoms with Gasteiger partial charge < -0.3 is 9.64 Å². The Labute approximate surface area is 220 Å². The van der Waals surface area contributed by atoms with Gasteiger partial charge in [-0.1, -0.05) is 54.6 Å². The van der Waals surface area contributed by atoms with Crippen molar-refractivity contribution < 1.29 is 23.9 Å². The summed E-state index contributed by atoms with van der Waals surface area (Å²) in [6.45, 7) is 3.83. The van der Waals surface area contributed by atoms with E-state index in [0.717, 1.165) is 15.8 Å². The molecule has 3 amide bonds. The van der Waals surface area contributed by atoms with Crippen molar-refractivity contribution in [2.45, 2.75) is 26.4 Å². The van der Waals surface area contributed by atoms with Crippen LogP contribution in [0, 0.1) is 0 Å². The van der Waals surface area contributed by atoms with Crippen molar-refractivity contribution in [2.75, 3.05) is 11.5 Å². The largest absolute Gasteiger partial charge is 0.452 e. The molecule has 7 nitrogen and oxygen atoms in total. The number of nitrogens with zero attached hydrogens (tertiary/aromatic N) is 2. The predicted molar refractivity (Wildman–Crippen MR) is 144 cm³/mol. The molecule has 0 unspecified atom stereocenters. The Bertz CT molecular complexity index is 1490. The van der Waals surface area contributed by atoms with Crippen molar-refractivity contribution in [3.8, 4) is 0 Å². The first-order valence-corrected chi connectivity index (χ1v) is 12.4. The molecule has 1 aliphatic heterocycles. The van der Waals surface area contributed by atoms with Crippen LogP contribution in [0.15, 0.2) is 91.0 Å². The monoisotopic (exact) mass is 506 g/mol. The van der Waals surface area contributed by atoms with Gasteiger partial charge in [0.15, 0.2) is 6.61 Å². The van der Waals surface area contributed by atoms with Crippen molar-refractivity contribution in [2.24, 2.45) is 0 Å². The maximum Gasteiger partial charge on any atom is 0.338 e. The molecule has 0 spiro atoms. The number of ether oxygens (including phenoxy) is 1. The highest BCUT2D eigenvalue weighted by atomic mass is 16.5. The van der Waals surface area contributed by atoms with Crippen LogP contribution in [0.5, 0.6) is 0 Å². The van der Waals surface area contributed by atoms with Gasteiger partial charge in [-0.2, -0.15) is 0 Å². The third kappa shape index (κ3) is 4.66. The third-order valence-electron chi connectivity index (χ3n) is 6.60. The molecule has 1 heterocycles. The van der Waals surface area contributed by atoms with Crippen LogP contribution in [0.4, 0.5) is 5.69 Å². The highest BCUT2D eigenvalue weighted by Gasteiger charge is 2.33. The number of imide groups is 1. The Hall–Kier alpha value is -4.78. The molecule has 0 radical (unpaired) electrons. The van der Waals surface area contributed by atoms with Gasteiger partial charge in [-0.25, -0.2) is 9.69 Å². The normalized spacial score (nSPS) is 12.7. The van der Waals surface area contributed by atoms with Crippen LogP contribution in [-0.2, 0) is 16.1 Å². The maximum absolute atomic E-state index is 13.2. The fourth-order valence-corrected chi connectivity index (χ4v) is 4.64. The Balaban J connectivity index is 1.28. The summed E-state index contributed by atoms with van der Waals surface area (Å²) >= 11 is 0. The van der Waals surface area contributed by atoms with Crippen LogP contribution in [0.2, 0.25) is 0 Å². The second kappa shape index (κ2) is 10.3. The lowest BCUT2D eigenvalue weighted by Gasteiger charge is -2.27. The van der Waals surface area contributed by atoms with E-state index < -0.39 is 24.4 Å². The molecular formula is C31H26N2O5. The zero-order chi connectivity index (χ0) is 26.8. The molecule has 4 aromatic carbocycles. The first-order valence-electron chi connectivity index (χ1n) is 12.4. The van der Waals surface area contributed by atoms with E-state index in [4.69, 9.17) is 4.74 Å². The fraction of sp³-hybridized carbons (Fsp3) is 0.161. The van der Waals surface area contributed by atoms with E-state index in [0.29, 0.717) is 28.7 Å². The van der Waals surface area contributed by atoms with Gasteiger partial charge in [0.25, 0.3) is 17.7 Å². The molecule has 0 saturated carbocycles. The van der Waals surface area contributed by atoms with Gasteiger partial charge in [-0.3, -0.25) is 14.4 Å². The molecule has 0 fully saturated rings. The number of anilines is 1. The number of carbonyl (C=O) groups excluding carboxylic acids is 4. The molecule has 5 rings (SSSR count). The van der Waals surface area contributed by atoms with Gasteiger partial charge >= 0.3 is 5.97 Å². The van der Waals surface area contributed by atoms with E-state index in [9.17, 15) is 19.2 Å². The smallest absolute Gasteiger partial charge is 0.338 e. The number of hydrogen-bond donors (Lipinski definition) is 0. The average molecular weight is 507 g/mol. The summed E-state index contributed by atoms with van der Waals surface area (Å²) in [7, 11) is 0. The van der Waals surface area contributed by atoms with Crippen LogP contribution in [0.25, 0.3) is 10.8 Å². The summed E-state index contributed by atoms with van der Waals surface area (Å²) in [5.74, 6) is -1.81. The molecular weight excluding hydrogens is 480 g/mol. The molecule has 0 aromatic heterocycles. The number of rotatable bonds is 7. The van der Waals surface area contributed by atoms with E-state index in [1.165, 1.54) is 24.3 Å². The third-order valence-corrected chi connectivity index (χ3v) is 6.60. The van der Waals surface area contributed by atoms with Crippen molar-refractivity contribution in [1.82, 2.24) is 4.90 Å². The van der Waals surface area contributed by atoms with E-state index in [1.54, 1.807) is 29.2 Å². The van der Waals surface area contributed by atoms with Gasteiger partial charge in [-0.05, 0) is 61.2 Å². The molecule has 0 N–H and O–H groups in total. The SMILES string of the molecule is CC(C)N(Cc1ccccc1)C(=O)COC(=O)c1ccc(N2C(=O)c3cccc4cccc(c34)C2=O)cc1. The number of carbonyl (C=O) groups is 4. The van der Waals surface area contributed by atoms with Crippen LogP contribution in [0.3, 0.4) is 0 Å². The molecule has 4 aromatic rings. The lowest BCUT2D eigenvalue weighted by molar-refractivity contribution is -0.136. The zero-order valence-corrected chi connectivity index (χ0v) is 21.1. The first kappa shape index (κ1) is 24.9. The van der Waals surface area contributed by atoms with E-state index in [1.807, 2.05) is 56.3 Å². The van der Waals surface area contributed by atoms with Gasteiger partial charge in [0.05, 0.1) is 11.3 Å². The topological polar surface area (TPSA) is 84.0 Å². The van der Waals surface area contributed by atoms with Crippen LogP contribution in [0.1, 0.15) is 50.5 Å². The second-order valence-electron chi connectivity index (χ2n) is 9.38. The van der Waals surface area contributed by atoms with Crippen molar-refractivity contribution >= 4 is 40.2 Å². The van der Waals surface area contributed by atoms with Crippen LogP contribution < -0.4 is 4.90 Å². The fourth-order valence-electron chi connectivity index (χ4n) is 4.64. The van der Waals surface area contributed by atoms with Gasteiger partial charge in [0.2, 0.25) is 0 Å². The molecule has 0 aliphatic carbocycles.